The Morgan fingerprint density at radius 3 is 2.11 bits per heavy atom. The minimum atomic E-state index is -0.946. The van der Waals surface area contributed by atoms with E-state index in [1.807, 2.05) is 0 Å². The Bertz CT molecular complexity index is 903. The summed E-state index contributed by atoms with van der Waals surface area (Å²) >= 11 is 0. The predicted octanol–water partition coefficient (Wildman–Crippen LogP) is 2.51. The zero-order valence-corrected chi connectivity index (χ0v) is 14.2. The lowest BCUT2D eigenvalue weighted by Crippen LogP contribution is -2.26. The normalized spacial score (nSPS) is 11.6. The smallest absolute Gasteiger partial charge is 0.307 e. The average Bonchev–Trinajstić information content (AvgIpc) is 3.06. The number of hydrogen-bond donors (Lipinski definition) is 1. The number of amides is 1. The molecule has 13 nitrogen and oxygen atoms in total. The van der Waals surface area contributed by atoms with E-state index in [2.05, 4.69) is 10.4 Å². The standard InChI is InChI=1S/C14H14N6O7/c1-3-11(17-7-10(6-15-17)18(22)23)14(21)16-9-4-12(19(24)25)8(2)13(5-9)20(26)27/h4-7,11H,3H2,1-2H3,(H,16,21). The number of aromatic nitrogens is 2. The maximum atomic E-state index is 12.5. The molecule has 0 saturated heterocycles. The van der Waals surface area contributed by atoms with Crippen LogP contribution in [0.3, 0.4) is 0 Å². The highest BCUT2D eigenvalue weighted by atomic mass is 16.6. The van der Waals surface area contributed by atoms with Gasteiger partial charge in [0, 0.05) is 12.1 Å². The number of anilines is 1. The van der Waals surface area contributed by atoms with Crippen LogP contribution in [0.2, 0.25) is 0 Å². The van der Waals surface area contributed by atoms with Crippen LogP contribution in [0.25, 0.3) is 0 Å². The van der Waals surface area contributed by atoms with E-state index in [1.54, 1.807) is 6.92 Å². The molecule has 2 rings (SSSR count). The number of carbonyl (C=O) groups excluding carboxylic acids is 1. The lowest BCUT2D eigenvalue weighted by molar-refractivity contribution is -0.395. The SMILES string of the molecule is CCC(C(=O)Nc1cc([N+](=O)[O-])c(C)c([N+](=O)[O-])c1)n1cc([N+](=O)[O-])cn1. The molecular weight excluding hydrogens is 364 g/mol. The van der Waals surface area contributed by atoms with Crippen LogP contribution in [0.1, 0.15) is 24.9 Å². The summed E-state index contributed by atoms with van der Waals surface area (Å²) in [7, 11) is 0. The number of nitrogens with zero attached hydrogens (tertiary/aromatic N) is 5. The molecule has 1 N–H and O–H groups in total. The van der Waals surface area contributed by atoms with Crippen LogP contribution in [0.5, 0.6) is 0 Å². The van der Waals surface area contributed by atoms with Gasteiger partial charge in [-0.05, 0) is 13.3 Å². The monoisotopic (exact) mass is 378 g/mol. The van der Waals surface area contributed by atoms with E-state index >= 15 is 0 Å². The van der Waals surface area contributed by atoms with E-state index in [9.17, 15) is 35.1 Å². The van der Waals surface area contributed by atoms with Gasteiger partial charge in [0.15, 0.2) is 0 Å². The molecule has 0 radical (unpaired) electrons. The number of nitrogens with one attached hydrogen (secondary N) is 1. The fourth-order valence-corrected chi connectivity index (χ4v) is 2.45. The molecule has 1 amide bonds. The Labute approximate surface area is 151 Å². The first-order chi connectivity index (χ1) is 12.6. The molecule has 1 atom stereocenters. The molecule has 0 aliphatic heterocycles. The van der Waals surface area contributed by atoms with Crippen LogP contribution in [0.15, 0.2) is 24.5 Å². The van der Waals surface area contributed by atoms with Crippen LogP contribution in [0.4, 0.5) is 22.7 Å². The van der Waals surface area contributed by atoms with Crippen molar-refractivity contribution in [3.63, 3.8) is 0 Å². The molecule has 27 heavy (non-hydrogen) atoms. The van der Waals surface area contributed by atoms with Crippen molar-refractivity contribution < 1.29 is 19.6 Å². The van der Waals surface area contributed by atoms with Crippen molar-refractivity contribution in [3.8, 4) is 0 Å². The highest BCUT2D eigenvalue weighted by molar-refractivity contribution is 5.94. The summed E-state index contributed by atoms with van der Waals surface area (Å²) in [4.78, 5) is 43.2. The van der Waals surface area contributed by atoms with Gasteiger partial charge >= 0.3 is 5.69 Å². The number of rotatable bonds is 7. The molecule has 0 aliphatic carbocycles. The Morgan fingerprint density at radius 2 is 1.70 bits per heavy atom. The highest BCUT2D eigenvalue weighted by Gasteiger charge is 2.26. The van der Waals surface area contributed by atoms with E-state index in [0.717, 1.165) is 29.2 Å². The molecule has 1 heterocycles. The van der Waals surface area contributed by atoms with Gasteiger partial charge in [0.1, 0.15) is 24.0 Å². The Kier molecular flexibility index (Phi) is 5.43. The van der Waals surface area contributed by atoms with Gasteiger partial charge in [-0.3, -0.25) is 39.8 Å². The second-order valence-electron chi connectivity index (χ2n) is 5.50. The third kappa shape index (κ3) is 4.02. The topological polar surface area (TPSA) is 176 Å². The fraction of sp³-hybridized carbons (Fsp3) is 0.286. The summed E-state index contributed by atoms with van der Waals surface area (Å²) in [6.45, 7) is 2.87. The average molecular weight is 378 g/mol. The molecule has 142 valence electrons. The van der Waals surface area contributed by atoms with Crippen molar-refractivity contribution in [3.05, 3.63) is 60.4 Å². The summed E-state index contributed by atoms with van der Waals surface area (Å²) in [5.74, 6) is -0.678. The third-order valence-electron chi connectivity index (χ3n) is 3.82. The fourth-order valence-electron chi connectivity index (χ4n) is 2.45. The molecule has 2 aromatic rings. The second-order valence-corrected chi connectivity index (χ2v) is 5.50. The number of benzene rings is 1. The van der Waals surface area contributed by atoms with Crippen LogP contribution < -0.4 is 5.32 Å². The molecule has 0 spiro atoms. The number of hydrogen-bond acceptors (Lipinski definition) is 8. The maximum Gasteiger partial charge on any atom is 0.307 e. The van der Waals surface area contributed by atoms with Gasteiger partial charge < -0.3 is 5.32 Å². The van der Waals surface area contributed by atoms with Crippen molar-refractivity contribution in [2.45, 2.75) is 26.3 Å². The minimum absolute atomic E-state index is 0.135. The quantitative estimate of drug-likeness (QED) is 0.564. The molecule has 13 heteroatoms. The van der Waals surface area contributed by atoms with Gasteiger partial charge in [-0.15, -0.1) is 0 Å². The van der Waals surface area contributed by atoms with Gasteiger partial charge in [-0.1, -0.05) is 6.92 Å². The summed E-state index contributed by atoms with van der Waals surface area (Å²) in [5, 5.41) is 39.1. The first kappa shape index (κ1) is 19.4. The van der Waals surface area contributed by atoms with Gasteiger partial charge in [0.25, 0.3) is 11.4 Å². The second kappa shape index (κ2) is 7.55. The summed E-state index contributed by atoms with van der Waals surface area (Å²) < 4.78 is 1.09. The van der Waals surface area contributed by atoms with Gasteiger partial charge in [0.05, 0.1) is 20.5 Å². The summed E-state index contributed by atoms with van der Waals surface area (Å²) in [6.07, 6.45) is 2.27. The molecule has 0 aliphatic rings. The lowest BCUT2D eigenvalue weighted by Gasteiger charge is -2.15. The lowest BCUT2D eigenvalue weighted by atomic mass is 10.1. The molecule has 0 saturated carbocycles. The van der Waals surface area contributed by atoms with E-state index in [-0.39, 0.29) is 23.4 Å². The van der Waals surface area contributed by atoms with E-state index < -0.39 is 38.1 Å². The third-order valence-corrected chi connectivity index (χ3v) is 3.82. The van der Waals surface area contributed by atoms with Crippen LogP contribution in [-0.2, 0) is 4.79 Å². The van der Waals surface area contributed by atoms with Crippen molar-refractivity contribution in [2.24, 2.45) is 0 Å². The van der Waals surface area contributed by atoms with Crippen molar-refractivity contribution >= 4 is 28.7 Å². The minimum Gasteiger partial charge on any atom is -0.324 e. The summed E-state index contributed by atoms with van der Waals surface area (Å²) in [5.41, 5.74) is -1.60. The van der Waals surface area contributed by atoms with Gasteiger partial charge in [-0.25, -0.2) is 0 Å². The van der Waals surface area contributed by atoms with Crippen molar-refractivity contribution in [1.82, 2.24) is 9.78 Å². The van der Waals surface area contributed by atoms with Crippen molar-refractivity contribution in [1.29, 1.82) is 0 Å². The van der Waals surface area contributed by atoms with Crippen molar-refractivity contribution in [2.75, 3.05) is 5.32 Å². The van der Waals surface area contributed by atoms with Crippen LogP contribution in [-0.4, -0.2) is 30.5 Å². The van der Waals surface area contributed by atoms with E-state index in [1.165, 1.54) is 6.92 Å². The molecule has 1 unspecified atom stereocenters. The predicted molar refractivity (Wildman–Crippen MR) is 91.3 cm³/mol. The Balaban J connectivity index is 2.36. The molecule has 0 fully saturated rings. The first-order valence-corrected chi connectivity index (χ1v) is 7.58. The number of nitro groups is 3. The first-order valence-electron chi connectivity index (χ1n) is 7.58. The number of nitro benzene ring substituents is 2. The molecule has 0 bridgehead atoms. The summed E-state index contributed by atoms with van der Waals surface area (Å²) in [6, 6.07) is 1.08. The highest BCUT2D eigenvalue weighted by Crippen LogP contribution is 2.32. The van der Waals surface area contributed by atoms with E-state index in [0.29, 0.717) is 0 Å². The maximum absolute atomic E-state index is 12.5. The zero-order valence-electron chi connectivity index (χ0n) is 14.2. The van der Waals surface area contributed by atoms with Crippen LogP contribution >= 0.6 is 0 Å². The largest absolute Gasteiger partial charge is 0.324 e. The Morgan fingerprint density at radius 1 is 1.15 bits per heavy atom. The zero-order chi connectivity index (χ0) is 20.3. The molecule has 1 aromatic carbocycles. The number of carbonyl (C=O) groups is 1. The van der Waals surface area contributed by atoms with E-state index in [4.69, 9.17) is 0 Å². The molecular formula is C14H14N6O7. The Hall–Kier alpha value is -3.90. The van der Waals surface area contributed by atoms with Gasteiger partial charge in [0.2, 0.25) is 5.91 Å². The van der Waals surface area contributed by atoms with Crippen LogP contribution in [0, 0.1) is 37.3 Å². The molecule has 1 aromatic heterocycles. The van der Waals surface area contributed by atoms with Gasteiger partial charge in [-0.2, -0.15) is 5.10 Å².